The first-order valence-electron chi connectivity index (χ1n) is 12.4. The number of aliphatic hydroxyl groups is 1. The van der Waals surface area contributed by atoms with E-state index in [1.165, 1.54) is 37.0 Å². The van der Waals surface area contributed by atoms with Gasteiger partial charge in [-0.2, -0.15) is 13.2 Å². The lowest BCUT2D eigenvalue weighted by molar-refractivity contribution is -0.137. The number of benzene rings is 1. The number of rotatable bonds is 4. The lowest BCUT2D eigenvalue weighted by Crippen LogP contribution is -2.30. The third-order valence-electron chi connectivity index (χ3n) is 7.44. The maximum Gasteiger partial charge on any atom is 0.416 e. The second-order valence-corrected chi connectivity index (χ2v) is 11.2. The Balaban J connectivity index is 1.86. The number of aliphatic hydroxyl groups excluding tert-OH is 1. The van der Waals surface area contributed by atoms with Crippen LogP contribution in [0.4, 0.5) is 13.2 Å². The number of fused-ring (bicyclic) bond motifs is 1. The van der Waals surface area contributed by atoms with Crippen molar-refractivity contribution in [3.63, 3.8) is 0 Å². The molecule has 5 heteroatoms. The molecule has 2 aliphatic rings. The first-order chi connectivity index (χ1) is 15.5. The molecule has 1 saturated carbocycles. The molecule has 1 N–H and O–H groups in total. The Labute approximate surface area is 195 Å². The van der Waals surface area contributed by atoms with Crippen LogP contribution in [0.3, 0.4) is 0 Å². The molecule has 2 aromatic rings. The molecule has 0 radical (unpaired) electrons. The summed E-state index contributed by atoms with van der Waals surface area (Å²) in [6, 6.07) is 5.54. The monoisotopic (exact) mass is 459 g/mol. The van der Waals surface area contributed by atoms with Crippen LogP contribution < -0.4 is 0 Å². The van der Waals surface area contributed by atoms with Crippen LogP contribution in [0.25, 0.3) is 0 Å². The first kappa shape index (κ1) is 24.3. The van der Waals surface area contributed by atoms with Crippen molar-refractivity contribution in [1.82, 2.24) is 4.98 Å². The minimum atomic E-state index is -4.33. The maximum atomic E-state index is 13.1. The van der Waals surface area contributed by atoms with Gasteiger partial charge in [-0.05, 0) is 78.2 Å². The molecule has 1 aromatic carbocycles. The molecule has 4 rings (SSSR count). The lowest BCUT2D eigenvalue weighted by Gasteiger charge is -2.39. The Morgan fingerprint density at radius 1 is 1.03 bits per heavy atom. The molecule has 1 atom stereocenters. The second kappa shape index (κ2) is 9.05. The fourth-order valence-corrected chi connectivity index (χ4v) is 5.92. The molecule has 0 aliphatic heterocycles. The fraction of sp³-hybridized carbons (Fsp3) is 0.607. The van der Waals surface area contributed by atoms with Crippen molar-refractivity contribution in [2.24, 2.45) is 5.41 Å². The average Bonchev–Trinajstić information content (AvgIpc) is 2.73. The van der Waals surface area contributed by atoms with E-state index in [4.69, 9.17) is 4.98 Å². The van der Waals surface area contributed by atoms with Crippen LogP contribution in [0.15, 0.2) is 24.3 Å². The number of hydrogen-bond donors (Lipinski definition) is 1. The van der Waals surface area contributed by atoms with Gasteiger partial charge in [-0.25, -0.2) is 0 Å². The summed E-state index contributed by atoms with van der Waals surface area (Å²) in [5.74, 6) is 0.581. The molecule has 1 fully saturated rings. The Morgan fingerprint density at radius 3 is 2.24 bits per heavy atom. The molecule has 2 aliphatic carbocycles. The topological polar surface area (TPSA) is 33.1 Å². The molecule has 0 unspecified atom stereocenters. The van der Waals surface area contributed by atoms with Crippen molar-refractivity contribution in [1.29, 1.82) is 0 Å². The van der Waals surface area contributed by atoms with Crippen LogP contribution in [0.1, 0.15) is 123 Å². The van der Waals surface area contributed by atoms with Crippen molar-refractivity contribution in [2.45, 2.75) is 103 Å². The summed E-state index contributed by atoms with van der Waals surface area (Å²) in [5, 5.41) is 11.3. The molecule has 180 valence electrons. The van der Waals surface area contributed by atoms with Crippen molar-refractivity contribution in [2.75, 3.05) is 0 Å². The summed E-state index contributed by atoms with van der Waals surface area (Å²) in [7, 11) is 0. The molecule has 33 heavy (non-hydrogen) atoms. The normalized spacial score (nSPS) is 21.3. The van der Waals surface area contributed by atoms with Gasteiger partial charge in [-0.15, -0.1) is 0 Å². The van der Waals surface area contributed by atoms with E-state index in [-0.39, 0.29) is 11.3 Å². The van der Waals surface area contributed by atoms with Crippen molar-refractivity contribution in [3.05, 3.63) is 63.5 Å². The SMILES string of the molecule is CC(C)c1nc2c(c(C3CCCCC3)c1Cc1ccc(C(F)(F)F)cc1)[C@@H](O)CC(C)(C)C2. The number of pyridine rings is 1. The van der Waals surface area contributed by atoms with Crippen LogP contribution in [0, 0.1) is 5.41 Å². The fourth-order valence-electron chi connectivity index (χ4n) is 5.92. The van der Waals surface area contributed by atoms with Gasteiger partial charge < -0.3 is 5.11 Å². The minimum absolute atomic E-state index is 0.00750. The smallest absolute Gasteiger partial charge is 0.388 e. The summed E-state index contributed by atoms with van der Waals surface area (Å²) < 4.78 is 39.2. The van der Waals surface area contributed by atoms with Gasteiger partial charge in [0.05, 0.1) is 11.7 Å². The minimum Gasteiger partial charge on any atom is -0.388 e. The molecule has 2 nitrogen and oxygen atoms in total. The van der Waals surface area contributed by atoms with Gasteiger partial charge in [0.15, 0.2) is 0 Å². The molecule has 0 saturated heterocycles. The highest BCUT2D eigenvalue weighted by Gasteiger charge is 2.38. The average molecular weight is 460 g/mol. The zero-order chi connectivity index (χ0) is 24.0. The van der Waals surface area contributed by atoms with Gasteiger partial charge in [-0.3, -0.25) is 4.98 Å². The van der Waals surface area contributed by atoms with Gasteiger partial charge in [0, 0.05) is 17.0 Å². The van der Waals surface area contributed by atoms with E-state index in [0.717, 1.165) is 47.3 Å². The van der Waals surface area contributed by atoms with Crippen molar-refractivity contribution in [3.8, 4) is 0 Å². The highest BCUT2D eigenvalue weighted by atomic mass is 19.4. The third-order valence-corrected chi connectivity index (χ3v) is 7.44. The highest BCUT2D eigenvalue weighted by molar-refractivity contribution is 5.49. The number of alkyl halides is 3. The first-order valence-corrected chi connectivity index (χ1v) is 12.4. The van der Waals surface area contributed by atoms with E-state index >= 15 is 0 Å². The predicted molar refractivity (Wildman–Crippen MR) is 125 cm³/mol. The van der Waals surface area contributed by atoms with Crippen LogP contribution in [0.2, 0.25) is 0 Å². The largest absolute Gasteiger partial charge is 0.416 e. The van der Waals surface area contributed by atoms with Crippen LogP contribution in [0.5, 0.6) is 0 Å². The maximum absolute atomic E-state index is 13.1. The highest BCUT2D eigenvalue weighted by Crippen LogP contribution is 2.48. The zero-order valence-electron chi connectivity index (χ0n) is 20.2. The number of halogens is 3. The van der Waals surface area contributed by atoms with Crippen LogP contribution in [-0.2, 0) is 19.0 Å². The molecule has 1 aromatic heterocycles. The van der Waals surface area contributed by atoms with E-state index in [2.05, 4.69) is 27.7 Å². The number of aromatic nitrogens is 1. The van der Waals surface area contributed by atoms with Gasteiger partial charge in [0.1, 0.15) is 0 Å². The van der Waals surface area contributed by atoms with Crippen molar-refractivity contribution >= 4 is 0 Å². The Morgan fingerprint density at radius 2 is 1.67 bits per heavy atom. The van der Waals surface area contributed by atoms with E-state index in [0.29, 0.717) is 18.8 Å². The van der Waals surface area contributed by atoms with E-state index in [9.17, 15) is 18.3 Å². The van der Waals surface area contributed by atoms with Crippen molar-refractivity contribution < 1.29 is 18.3 Å². The Hall–Kier alpha value is -1.88. The third kappa shape index (κ3) is 5.13. The summed E-state index contributed by atoms with van der Waals surface area (Å²) in [6.45, 7) is 8.65. The van der Waals surface area contributed by atoms with E-state index in [1.54, 1.807) is 12.1 Å². The molecule has 1 heterocycles. The van der Waals surface area contributed by atoms with Gasteiger partial charge in [0.25, 0.3) is 0 Å². The molecule has 0 amide bonds. The molecule has 0 bridgehead atoms. The number of hydrogen-bond acceptors (Lipinski definition) is 2. The molecular formula is C28H36F3NO. The van der Waals surface area contributed by atoms with E-state index < -0.39 is 17.8 Å². The van der Waals surface area contributed by atoms with Gasteiger partial charge in [-0.1, -0.05) is 59.1 Å². The van der Waals surface area contributed by atoms with E-state index in [1.807, 2.05) is 0 Å². The number of nitrogens with zero attached hydrogens (tertiary/aromatic N) is 1. The standard InChI is InChI=1S/C28H36F3NO/c1-17(2)26-21(14-18-10-12-20(13-11-18)28(29,30)31)24(19-8-6-5-7-9-19)25-22(32-26)15-27(3,4)16-23(25)33/h10-13,17,19,23,33H,5-9,14-16H2,1-4H3/t23-/m0/s1. The van der Waals surface area contributed by atoms with Gasteiger partial charge in [0.2, 0.25) is 0 Å². The Kier molecular flexibility index (Phi) is 6.65. The molecule has 0 spiro atoms. The van der Waals surface area contributed by atoms with Gasteiger partial charge >= 0.3 is 6.18 Å². The second-order valence-electron chi connectivity index (χ2n) is 11.2. The quantitative estimate of drug-likeness (QED) is 0.505. The Bertz CT molecular complexity index is 986. The summed E-state index contributed by atoms with van der Waals surface area (Å²) in [4.78, 5) is 5.13. The lowest BCUT2D eigenvalue weighted by atomic mass is 9.69. The summed E-state index contributed by atoms with van der Waals surface area (Å²) in [6.07, 6.45) is 3.04. The molecular weight excluding hydrogens is 423 g/mol. The van der Waals surface area contributed by atoms with Crippen LogP contribution >= 0.6 is 0 Å². The van der Waals surface area contributed by atoms with Crippen LogP contribution in [-0.4, -0.2) is 10.1 Å². The summed E-state index contributed by atoms with van der Waals surface area (Å²) >= 11 is 0. The zero-order valence-corrected chi connectivity index (χ0v) is 20.2. The summed E-state index contributed by atoms with van der Waals surface area (Å²) in [5.41, 5.74) is 5.71. The predicted octanol–water partition coefficient (Wildman–Crippen LogP) is 7.87.